The predicted octanol–water partition coefficient (Wildman–Crippen LogP) is 1.94. The molecule has 0 amide bonds. The van der Waals surface area contributed by atoms with Gasteiger partial charge in [-0.1, -0.05) is 33.0 Å². The van der Waals surface area contributed by atoms with Gasteiger partial charge in [0.05, 0.1) is 0 Å². The van der Waals surface area contributed by atoms with Crippen molar-refractivity contribution < 1.29 is 0 Å². The van der Waals surface area contributed by atoms with Crippen LogP contribution >= 0.6 is 11.8 Å². The summed E-state index contributed by atoms with van der Waals surface area (Å²) in [5.41, 5.74) is 0. The molecular weight excluding hydrogens is 146 g/mol. The quantitative estimate of drug-likeness (QED) is 0.670. The molecule has 0 unspecified atom stereocenters. The first-order valence-corrected chi connectivity index (χ1v) is 3.69. The van der Waals surface area contributed by atoms with Crippen LogP contribution in [0, 0.1) is 0 Å². The summed E-state index contributed by atoms with van der Waals surface area (Å²) < 4.78 is 0. The normalized spacial score (nSPS) is 9.50. The zero-order valence-corrected chi connectivity index (χ0v) is 6.27. The summed E-state index contributed by atoms with van der Waals surface area (Å²) in [6.45, 7) is 4.24. The Kier molecular flexibility index (Phi) is 4.11. The van der Waals surface area contributed by atoms with Crippen molar-refractivity contribution in [2.75, 3.05) is 0 Å². The smallest absolute Gasteiger partial charge is 0.183 e. The summed E-state index contributed by atoms with van der Waals surface area (Å²) in [5, 5.41) is 7.95. The Morgan fingerprint density at radius 3 is 2.70 bits per heavy atom. The van der Waals surface area contributed by atoms with Gasteiger partial charge in [-0.25, -0.2) is 4.98 Å². The van der Waals surface area contributed by atoms with Crippen LogP contribution in [0.4, 0.5) is 0 Å². The number of rotatable bonds is 2. The van der Waals surface area contributed by atoms with E-state index in [2.05, 4.69) is 29.0 Å². The van der Waals surface area contributed by atoms with Crippen LogP contribution in [-0.2, 0) is 0 Å². The highest BCUT2D eigenvalue weighted by atomic mass is 32.2. The fourth-order valence-electron chi connectivity index (χ4n) is 0.474. The van der Waals surface area contributed by atoms with E-state index in [1.807, 2.05) is 0 Å². The molecule has 4 heteroatoms. The Morgan fingerprint density at radius 2 is 2.30 bits per heavy atom. The van der Waals surface area contributed by atoms with Crippen molar-refractivity contribution >= 4 is 11.8 Å². The van der Waals surface area contributed by atoms with Crippen LogP contribution in [0.3, 0.4) is 0 Å². The molecule has 0 spiro atoms. The van der Waals surface area contributed by atoms with E-state index < -0.39 is 0 Å². The van der Waals surface area contributed by atoms with Crippen LogP contribution in [-0.4, -0.2) is 20.4 Å². The van der Waals surface area contributed by atoms with Gasteiger partial charge in [0.1, 0.15) is 6.33 Å². The lowest BCUT2D eigenvalue weighted by molar-refractivity contribution is 0.961. The summed E-state index contributed by atoms with van der Waals surface area (Å²) >= 11 is 1.68. The van der Waals surface area contributed by atoms with Crippen LogP contribution in [0.5, 0.6) is 0 Å². The number of aromatic nitrogens is 3. The average Bonchev–Trinajstić information content (AvgIpc) is 2.15. The largest absolute Gasteiger partial charge is 0.254 e. The highest BCUT2D eigenvalue weighted by molar-refractivity contribution is 7.99. The number of hydrogen-bond acceptors (Lipinski definition) is 3. The standard InChI is InChI=1S/C5H9N3S.CH4/c1-4(2)9-5-6-3-7-8-5;/h3-4H,1-2H3,(H,6,7,8);1H4. The zero-order chi connectivity index (χ0) is 6.69. The third-order valence-electron chi connectivity index (χ3n) is 0.740. The molecule has 0 saturated carbocycles. The molecular formula is C6H13N3S. The van der Waals surface area contributed by atoms with Gasteiger partial charge in [0.2, 0.25) is 0 Å². The first kappa shape index (κ1) is 9.49. The fraction of sp³-hybridized carbons (Fsp3) is 0.667. The van der Waals surface area contributed by atoms with E-state index in [1.54, 1.807) is 11.8 Å². The van der Waals surface area contributed by atoms with Crippen molar-refractivity contribution in [1.82, 2.24) is 15.2 Å². The second-order valence-corrected chi connectivity index (χ2v) is 3.52. The van der Waals surface area contributed by atoms with Gasteiger partial charge in [-0.2, -0.15) is 5.10 Å². The summed E-state index contributed by atoms with van der Waals surface area (Å²) in [6, 6.07) is 0. The molecule has 0 aliphatic heterocycles. The number of H-pyrrole nitrogens is 1. The molecule has 1 aromatic heterocycles. The van der Waals surface area contributed by atoms with Crippen molar-refractivity contribution in [2.45, 2.75) is 31.7 Å². The maximum absolute atomic E-state index is 3.95. The predicted molar refractivity (Wildman–Crippen MR) is 44.1 cm³/mol. The number of nitrogens with zero attached hydrogens (tertiary/aromatic N) is 2. The third-order valence-corrected chi connectivity index (χ3v) is 1.63. The highest BCUT2D eigenvalue weighted by Gasteiger charge is 1.98. The van der Waals surface area contributed by atoms with E-state index in [0.717, 1.165) is 5.16 Å². The van der Waals surface area contributed by atoms with Crippen LogP contribution in [0.15, 0.2) is 11.5 Å². The molecule has 0 aliphatic carbocycles. The van der Waals surface area contributed by atoms with E-state index in [0.29, 0.717) is 5.25 Å². The van der Waals surface area contributed by atoms with Gasteiger partial charge < -0.3 is 0 Å². The molecule has 1 rings (SSSR count). The van der Waals surface area contributed by atoms with Gasteiger partial charge in [-0.3, -0.25) is 5.10 Å². The van der Waals surface area contributed by atoms with Gasteiger partial charge in [0, 0.05) is 5.25 Å². The van der Waals surface area contributed by atoms with Crippen LogP contribution in [0.25, 0.3) is 0 Å². The average molecular weight is 159 g/mol. The molecule has 0 radical (unpaired) electrons. The summed E-state index contributed by atoms with van der Waals surface area (Å²) in [4.78, 5) is 3.95. The van der Waals surface area contributed by atoms with Gasteiger partial charge in [-0.05, 0) is 0 Å². The number of thioether (sulfide) groups is 1. The second-order valence-electron chi connectivity index (χ2n) is 1.96. The Hall–Kier alpha value is -0.510. The Labute approximate surface area is 65.6 Å². The molecule has 0 aromatic carbocycles. The van der Waals surface area contributed by atoms with Crippen molar-refractivity contribution in [3.8, 4) is 0 Å². The van der Waals surface area contributed by atoms with E-state index >= 15 is 0 Å². The maximum atomic E-state index is 3.95. The minimum atomic E-state index is 0. The summed E-state index contributed by atoms with van der Waals surface area (Å²) in [5.74, 6) is 0. The van der Waals surface area contributed by atoms with Gasteiger partial charge in [-0.15, -0.1) is 0 Å². The number of aromatic amines is 1. The first-order valence-electron chi connectivity index (χ1n) is 2.81. The Morgan fingerprint density at radius 1 is 1.60 bits per heavy atom. The summed E-state index contributed by atoms with van der Waals surface area (Å²) in [6.07, 6.45) is 1.52. The van der Waals surface area contributed by atoms with E-state index in [4.69, 9.17) is 0 Å². The Bertz CT molecular complexity index is 160. The topological polar surface area (TPSA) is 41.6 Å². The first-order chi connectivity index (χ1) is 4.29. The maximum Gasteiger partial charge on any atom is 0.183 e. The minimum Gasteiger partial charge on any atom is -0.254 e. The molecule has 3 nitrogen and oxygen atoms in total. The lowest BCUT2D eigenvalue weighted by Crippen LogP contribution is -1.86. The van der Waals surface area contributed by atoms with E-state index in [-0.39, 0.29) is 7.43 Å². The molecule has 1 aromatic rings. The van der Waals surface area contributed by atoms with Gasteiger partial charge in [0.25, 0.3) is 0 Å². The van der Waals surface area contributed by atoms with E-state index in [9.17, 15) is 0 Å². The molecule has 0 bridgehead atoms. The molecule has 58 valence electrons. The minimum absolute atomic E-state index is 0. The lowest BCUT2D eigenvalue weighted by atomic mass is 10.6. The lowest BCUT2D eigenvalue weighted by Gasteiger charge is -1.96. The second kappa shape index (κ2) is 4.33. The molecule has 1 heterocycles. The highest BCUT2D eigenvalue weighted by Crippen LogP contribution is 2.16. The molecule has 0 atom stereocenters. The summed E-state index contributed by atoms with van der Waals surface area (Å²) in [7, 11) is 0. The van der Waals surface area contributed by atoms with Crippen LogP contribution < -0.4 is 0 Å². The Balaban J connectivity index is 0.000000810. The number of nitrogens with one attached hydrogen (secondary N) is 1. The fourth-order valence-corrected chi connectivity index (χ4v) is 1.13. The van der Waals surface area contributed by atoms with Crippen molar-refractivity contribution in [2.24, 2.45) is 0 Å². The molecule has 0 saturated heterocycles. The zero-order valence-electron chi connectivity index (χ0n) is 5.46. The number of hydrogen-bond donors (Lipinski definition) is 1. The van der Waals surface area contributed by atoms with Gasteiger partial charge >= 0.3 is 0 Å². The monoisotopic (exact) mass is 159 g/mol. The van der Waals surface area contributed by atoms with E-state index in [1.165, 1.54) is 6.33 Å². The molecule has 0 aliphatic rings. The van der Waals surface area contributed by atoms with Crippen molar-refractivity contribution in [3.05, 3.63) is 6.33 Å². The van der Waals surface area contributed by atoms with Crippen molar-refractivity contribution in [1.29, 1.82) is 0 Å². The van der Waals surface area contributed by atoms with Crippen molar-refractivity contribution in [3.63, 3.8) is 0 Å². The van der Waals surface area contributed by atoms with Crippen LogP contribution in [0.2, 0.25) is 0 Å². The van der Waals surface area contributed by atoms with Gasteiger partial charge in [0.15, 0.2) is 5.16 Å². The molecule has 1 N–H and O–H groups in total. The molecule has 0 fully saturated rings. The molecule has 10 heavy (non-hydrogen) atoms. The SMILES string of the molecule is C.CC(C)Sc1ncn[nH]1. The third kappa shape index (κ3) is 2.87. The van der Waals surface area contributed by atoms with Crippen LogP contribution in [0.1, 0.15) is 21.3 Å².